The van der Waals surface area contributed by atoms with Gasteiger partial charge in [0.05, 0.1) is 17.0 Å². The van der Waals surface area contributed by atoms with Crippen LogP contribution in [-0.2, 0) is 16.1 Å². The third-order valence-electron chi connectivity index (χ3n) is 5.78. The summed E-state index contributed by atoms with van der Waals surface area (Å²) in [7, 11) is 0. The Labute approximate surface area is 228 Å². The highest BCUT2D eigenvalue weighted by atomic mass is 35.5. The Bertz CT molecular complexity index is 1660. The molecule has 1 amide bonds. The second-order valence-electron chi connectivity index (χ2n) is 8.48. The maximum absolute atomic E-state index is 13.4. The van der Waals surface area contributed by atoms with Gasteiger partial charge in [-0.1, -0.05) is 42.6 Å². The fraction of sp³-hybridized carbons (Fsp3) is 0.296. The van der Waals surface area contributed by atoms with Gasteiger partial charge < -0.3 is 14.0 Å². The normalized spacial score (nSPS) is 12.6. The topological polar surface area (TPSA) is 104 Å². The summed E-state index contributed by atoms with van der Waals surface area (Å²) in [6.07, 6.45) is 2.06. The largest absolute Gasteiger partial charge is 0.479 e. The number of benzene rings is 1. The number of rotatable bonds is 8. The minimum absolute atomic E-state index is 0.0182. The number of nitrogens with zero attached hydrogens (tertiary/aromatic N) is 4. The van der Waals surface area contributed by atoms with Crippen molar-refractivity contribution in [1.82, 2.24) is 14.0 Å². The van der Waals surface area contributed by atoms with Crippen molar-refractivity contribution in [3.63, 3.8) is 0 Å². The van der Waals surface area contributed by atoms with E-state index in [0.29, 0.717) is 29.3 Å². The zero-order chi connectivity index (χ0) is 27.4. The van der Waals surface area contributed by atoms with Gasteiger partial charge in [-0.25, -0.2) is 9.78 Å². The molecule has 1 aromatic carbocycles. The molecule has 0 saturated carbocycles. The number of aryl methyl sites for hydroxylation is 1. The first-order chi connectivity index (χ1) is 18.2. The molecule has 0 radical (unpaired) electrons. The van der Waals surface area contributed by atoms with Crippen molar-refractivity contribution in [2.24, 2.45) is 4.99 Å². The quantitative estimate of drug-likeness (QED) is 0.227. The van der Waals surface area contributed by atoms with Gasteiger partial charge in [0.2, 0.25) is 0 Å². The van der Waals surface area contributed by atoms with Crippen LogP contribution in [0, 0.1) is 0 Å². The van der Waals surface area contributed by atoms with Crippen molar-refractivity contribution < 1.29 is 19.1 Å². The van der Waals surface area contributed by atoms with Crippen LogP contribution in [0.25, 0.3) is 16.7 Å². The van der Waals surface area contributed by atoms with Gasteiger partial charge in [-0.2, -0.15) is 4.99 Å². The van der Waals surface area contributed by atoms with E-state index >= 15 is 0 Å². The Morgan fingerprint density at radius 2 is 1.92 bits per heavy atom. The molecule has 4 rings (SSSR count). The number of hydrogen-bond donors (Lipinski definition) is 0. The highest BCUT2D eigenvalue weighted by molar-refractivity contribution is 6.35. The smallest absolute Gasteiger partial charge is 0.341 e. The van der Waals surface area contributed by atoms with E-state index in [4.69, 9.17) is 32.7 Å². The molecule has 11 heteroatoms. The average Bonchev–Trinajstić information content (AvgIpc) is 2.89. The average molecular weight is 557 g/mol. The fourth-order valence-corrected chi connectivity index (χ4v) is 4.35. The second-order valence-corrected chi connectivity index (χ2v) is 9.32. The molecule has 0 bridgehead atoms. The van der Waals surface area contributed by atoms with E-state index in [2.05, 4.69) is 9.98 Å². The van der Waals surface area contributed by atoms with E-state index in [1.165, 1.54) is 23.5 Å². The minimum Gasteiger partial charge on any atom is -0.479 e. The molecule has 1 unspecified atom stereocenters. The van der Waals surface area contributed by atoms with E-state index in [1.54, 1.807) is 48.0 Å². The van der Waals surface area contributed by atoms with Crippen LogP contribution in [0.1, 0.15) is 44.0 Å². The first kappa shape index (κ1) is 27.3. The molecule has 3 heterocycles. The first-order valence-electron chi connectivity index (χ1n) is 12.2. The van der Waals surface area contributed by atoms with Crippen molar-refractivity contribution >= 4 is 51.8 Å². The zero-order valence-corrected chi connectivity index (χ0v) is 22.6. The predicted molar refractivity (Wildman–Crippen MR) is 145 cm³/mol. The Morgan fingerprint density at radius 1 is 1.13 bits per heavy atom. The molecule has 0 spiro atoms. The van der Waals surface area contributed by atoms with Crippen LogP contribution in [0.4, 0.5) is 0 Å². The molecule has 0 fully saturated rings. The van der Waals surface area contributed by atoms with Crippen molar-refractivity contribution in [3.05, 3.63) is 80.1 Å². The van der Waals surface area contributed by atoms with Gasteiger partial charge in [-0.3, -0.25) is 14.0 Å². The van der Waals surface area contributed by atoms with Gasteiger partial charge in [0.15, 0.2) is 11.6 Å². The number of fused-ring (bicyclic) bond motifs is 2. The maximum atomic E-state index is 13.4. The molecule has 0 aliphatic carbocycles. The van der Waals surface area contributed by atoms with Crippen LogP contribution >= 0.6 is 23.2 Å². The van der Waals surface area contributed by atoms with Crippen molar-refractivity contribution in [2.45, 2.75) is 46.3 Å². The summed E-state index contributed by atoms with van der Waals surface area (Å²) in [6, 6.07) is 11.2. The van der Waals surface area contributed by atoms with Gasteiger partial charge >= 0.3 is 5.97 Å². The van der Waals surface area contributed by atoms with Crippen molar-refractivity contribution in [3.8, 4) is 5.75 Å². The SMILES string of the molecule is CCCCn1c(=NC(=O)C(C)Oc2ccc(Cl)cc2Cl)c(C(=O)OCC)cc2c(=O)n3ccccc3nc21. The number of esters is 1. The summed E-state index contributed by atoms with van der Waals surface area (Å²) >= 11 is 12.1. The highest BCUT2D eigenvalue weighted by Gasteiger charge is 2.22. The molecule has 0 aliphatic rings. The lowest BCUT2D eigenvalue weighted by molar-refractivity contribution is -0.124. The van der Waals surface area contributed by atoms with Crippen LogP contribution in [-0.4, -0.2) is 38.5 Å². The molecular formula is C27H26Cl2N4O5. The lowest BCUT2D eigenvalue weighted by Gasteiger charge is -2.16. The number of aromatic nitrogens is 3. The molecule has 0 saturated heterocycles. The van der Waals surface area contributed by atoms with Gasteiger partial charge in [-0.15, -0.1) is 0 Å². The summed E-state index contributed by atoms with van der Waals surface area (Å²) in [4.78, 5) is 48.6. The number of halogens is 2. The Kier molecular flexibility index (Phi) is 8.48. The van der Waals surface area contributed by atoms with E-state index < -0.39 is 18.0 Å². The summed E-state index contributed by atoms with van der Waals surface area (Å²) in [5, 5.41) is 0.871. The number of hydrogen-bond acceptors (Lipinski definition) is 6. The Balaban J connectivity index is 1.95. The van der Waals surface area contributed by atoms with E-state index in [0.717, 1.165) is 6.42 Å². The van der Waals surface area contributed by atoms with Crippen molar-refractivity contribution in [1.29, 1.82) is 0 Å². The summed E-state index contributed by atoms with van der Waals surface area (Å²) in [6.45, 7) is 5.66. The van der Waals surface area contributed by atoms with Crippen LogP contribution < -0.4 is 15.8 Å². The molecular weight excluding hydrogens is 531 g/mol. The summed E-state index contributed by atoms with van der Waals surface area (Å²) < 4.78 is 14.0. The summed E-state index contributed by atoms with van der Waals surface area (Å²) in [5.74, 6) is -1.11. The monoisotopic (exact) mass is 556 g/mol. The van der Waals surface area contributed by atoms with Crippen LogP contribution in [0.15, 0.2) is 58.4 Å². The number of carbonyl (C=O) groups is 2. The molecule has 38 heavy (non-hydrogen) atoms. The fourth-order valence-electron chi connectivity index (χ4n) is 3.89. The third-order valence-corrected chi connectivity index (χ3v) is 6.31. The maximum Gasteiger partial charge on any atom is 0.341 e. The second kappa shape index (κ2) is 11.8. The first-order valence-corrected chi connectivity index (χ1v) is 12.9. The molecule has 4 aromatic rings. The minimum atomic E-state index is -1.05. The Morgan fingerprint density at radius 3 is 2.63 bits per heavy atom. The standard InChI is InChI=1S/C27H26Cl2N4O5/c1-4-6-12-33-23-18(26(35)32-13-8-7-9-22(32)30-23)15-19(27(36)37-5-2)24(33)31-25(34)16(3)38-21-11-10-17(28)14-20(21)29/h7-11,13-16H,4-6,12H2,1-3H3. The highest BCUT2D eigenvalue weighted by Crippen LogP contribution is 2.28. The molecule has 1 atom stereocenters. The lowest BCUT2D eigenvalue weighted by atomic mass is 10.2. The number of carbonyl (C=O) groups excluding carboxylic acids is 2. The molecule has 198 valence electrons. The molecule has 0 aliphatic heterocycles. The number of unbranched alkanes of at least 4 members (excludes halogenated alkanes) is 1. The summed E-state index contributed by atoms with van der Waals surface area (Å²) in [5.41, 5.74) is 0.400. The third kappa shape index (κ3) is 5.58. The van der Waals surface area contributed by atoms with E-state index in [-0.39, 0.29) is 39.4 Å². The van der Waals surface area contributed by atoms with Crippen molar-refractivity contribution in [2.75, 3.05) is 6.61 Å². The predicted octanol–water partition coefficient (Wildman–Crippen LogP) is 4.83. The van der Waals surface area contributed by atoms with Crippen LogP contribution in [0.3, 0.4) is 0 Å². The number of pyridine rings is 2. The van der Waals surface area contributed by atoms with Gasteiger partial charge in [0.25, 0.3) is 11.5 Å². The van der Waals surface area contributed by atoms with E-state index in [9.17, 15) is 14.4 Å². The van der Waals surface area contributed by atoms with Gasteiger partial charge in [-0.05, 0) is 56.7 Å². The van der Waals surface area contributed by atoms with Crippen LogP contribution in [0.2, 0.25) is 10.0 Å². The lowest BCUT2D eigenvalue weighted by Crippen LogP contribution is -2.34. The van der Waals surface area contributed by atoms with Crippen LogP contribution in [0.5, 0.6) is 5.75 Å². The number of ether oxygens (including phenoxy) is 2. The molecule has 3 aromatic heterocycles. The molecule has 0 N–H and O–H groups in total. The Hall–Kier alpha value is -3.69. The van der Waals surface area contributed by atoms with E-state index in [1.807, 2.05) is 6.92 Å². The molecule has 9 nitrogen and oxygen atoms in total. The number of amides is 1. The zero-order valence-electron chi connectivity index (χ0n) is 21.1. The van der Waals surface area contributed by atoms with Gasteiger partial charge in [0, 0.05) is 17.8 Å². The van der Waals surface area contributed by atoms with Gasteiger partial charge in [0.1, 0.15) is 22.6 Å².